The van der Waals surface area contributed by atoms with Crippen molar-refractivity contribution in [3.8, 4) is 0 Å². The topological polar surface area (TPSA) is 12.5 Å². The number of hydroxylamine groups is 2. The Bertz CT molecular complexity index is 69.2. The summed E-state index contributed by atoms with van der Waals surface area (Å²) in [6, 6.07) is 0. The fraction of sp³-hybridized carbons (Fsp3) is 0.857. The summed E-state index contributed by atoms with van der Waals surface area (Å²) < 4.78 is 0. The molecule has 0 heterocycles. The van der Waals surface area contributed by atoms with Gasteiger partial charge in [0.05, 0.1) is 6.61 Å². The van der Waals surface area contributed by atoms with E-state index in [2.05, 4.69) is 27.8 Å². The zero-order chi connectivity index (χ0) is 11.8. The van der Waals surface area contributed by atoms with Crippen LogP contribution in [0.3, 0.4) is 0 Å². The summed E-state index contributed by atoms with van der Waals surface area (Å²) in [4.78, 5) is 4.91. The Morgan fingerprint density at radius 2 is 1.35 bits per heavy atom. The van der Waals surface area contributed by atoms with Gasteiger partial charge < -0.3 is 17.3 Å². The molecular formula is C14H37KNO-. The Morgan fingerprint density at radius 3 is 1.41 bits per heavy atom. The maximum absolute atomic E-state index is 4.91. The number of unbranched alkanes of at least 4 members (excludes halogenated alkanes) is 2. The van der Waals surface area contributed by atoms with Gasteiger partial charge in [0.2, 0.25) is 0 Å². The molecule has 0 aromatic heterocycles. The summed E-state index contributed by atoms with van der Waals surface area (Å²) in [6.45, 7) is 11.2. The Hall–Kier alpha value is 1.56. The molecule has 0 fully saturated rings. The minimum Gasteiger partial charge on any atom is -0.358 e. The van der Waals surface area contributed by atoms with Gasteiger partial charge in [-0.1, -0.05) is 61.3 Å². The van der Waals surface area contributed by atoms with Crippen LogP contribution < -0.4 is 51.4 Å². The standard InChI is InChI=1S/C5H12NO.C5H12.C2H6.CH4.CH3.K/c1-4-5-7-6(2)3;1-3-5-4-2;1-2;;;/h2,4-5H2,1,3H3;3-5H2,1-2H3;1-2H3;1H4;1H3;/q-1;;;;-1;+1. The van der Waals surface area contributed by atoms with E-state index >= 15 is 0 Å². The van der Waals surface area contributed by atoms with Crippen molar-refractivity contribution in [3.05, 3.63) is 14.5 Å². The number of hydrogen-bond donors (Lipinski definition) is 0. The molecular weight excluding hydrogens is 237 g/mol. The van der Waals surface area contributed by atoms with Crippen molar-refractivity contribution in [1.82, 2.24) is 5.06 Å². The molecule has 2 nitrogen and oxygen atoms in total. The molecule has 0 atom stereocenters. The predicted molar refractivity (Wildman–Crippen MR) is 79.1 cm³/mol. The van der Waals surface area contributed by atoms with Crippen molar-refractivity contribution in [2.24, 2.45) is 0 Å². The molecule has 0 saturated heterocycles. The van der Waals surface area contributed by atoms with Crippen LogP contribution in [-0.4, -0.2) is 18.7 Å². The van der Waals surface area contributed by atoms with Crippen LogP contribution in [0, 0.1) is 14.5 Å². The monoisotopic (exact) mass is 274 g/mol. The third-order valence-electron chi connectivity index (χ3n) is 1.22. The Balaban J connectivity index is -0.0000000275. The Kier molecular flexibility index (Phi) is 92.2. The summed E-state index contributed by atoms with van der Waals surface area (Å²) in [5.41, 5.74) is 0. The van der Waals surface area contributed by atoms with Crippen molar-refractivity contribution in [1.29, 1.82) is 0 Å². The van der Waals surface area contributed by atoms with Crippen LogP contribution in [0.25, 0.3) is 0 Å². The maximum Gasteiger partial charge on any atom is 1.00 e. The molecule has 0 radical (unpaired) electrons. The summed E-state index contributed by atoms with van der Waals surface area (Å²) in [6.07, 6.45) is 5.12. The molecule has 0 unspecified atom stereocenters. The molecule has 0 aliphatic carbocycles. The summed E-state index contributed by atoms with van der Waals surface area (Å²) in [5.74, 6) is 0. The molecule has 17 heavy (non-hydrogen) atoms. The van der Waals surface area contributed by atoms with Crippen LogP contribution in [0.2, 0.25) is 0 Å². The molecule has 0 aliphatic heterocycles. The number of hydrogen-bond acceptors (Lipinski definition) is 2. The average molecular weight is 275 g/mol. The second-order valence-electron chi connectivity index (χ2n) is 2.81. The van der Waals surface area contributed by atoms with E-state index in [-0.39, 0.29) is 66.2 Å². The first-order chi connectivity index (χ1) is 6.68. The smallest absolute Gasteiger partial charge is 0.358 e. The Labute approximate surface area is 155 Å². The number of nitrogens with zero attached hydrogens (tertiary/aromatic N) is 1. The van der Waals surface area contributed by atoms with Gasteiger partial charge in [-0.3, -0.25) is 7.05 Å². The van der Waals surface area contributed by atoms with Gasteiger partial charge in [-0.05, 0) is 13.5 Å². The van der Waals surface area contributed by atoms with Crippen molar-refractivity contribution in [3.63, 3.8) is 0 Å². The molecule has 0 N–H and O–H groups in total. The van der Waals surface area contributed by atoms with Crippen molar-refractivity contribution >= 4 is 0 Å². The molecule has 0 bridgehead atoms. The largest absolute Gasteiger partial charge is 1.00 e. The van der Waals surface area contributed by atoms with Crippen LogP contribution in [0.15, 0.2) is 0 Å². The van der Waals surface area contributed by atoms with Crippen molar-refractivity contribution in [2.75, 3.05) is 13.7 Å². The minimum atomic E-state index is 0. The summed E-state index contributed by atoms with van der Waals surface area (Å²) in [7, 11) is 5.26. The van der Waals surface area contributed by atoms with Gasteiger partial charge in [0.15, 0.2) is 0 Å². The second-order valence-corrected chi connectivity index (χ2v) is 2.81. The van der Waals surface area contributed by atoms with Gasteiger partial charge in [0, 0.05) is 0 Å². The van der Waals surface area contributed by atoms with Gasteiger partial charge in [-0.25, -0.2) is 0 Å². The second kappa shape index (κ2) is 43.2. The summed E-state index contributed by atoms with van der Waals surface area (Å²) >= 11 is 0. The van der Waals surface area contributed by atoms with Crippen molar-refractivity contribution < 1.29 is 56.2 Å². The fourth-order valence-electron chi connectivity index (χ4n) is 0.601. The van der Waals surface area contributed by atoms with Crippen LogP contribution in [-0.2, 0) is 4.84 Å². The molecule has 0 aromatic carbocycles. The predicted octanol–water partition coefficient (Wildman–Crippen LogP) is 2.36. The van der Waals surface area contributed by atoms with Crippen LogP contribution >= 0.6 is 0 Å². The third kappa shape index (κ3) is 74.4. The zero-order valence-corrected chi connectivity index (χ0v) is 16.2. The van der Waals surface area contributed by atoms with Gasteiger partial charge in [-0.2, -0.15) is 0 Å². The van der Waals surface area contributed by atoms with E-state index in [1.165, 1.54) is 24.3 Å². The molecule has 0 aromatic rings. The van der Waals surface area contributed by atoms with Crippen LogP contribution in [0.5, 0.6) is 0 Å². The molecule has 0 aliphatic rings. The quantitative estimate of drug-likeness (QED) is 0.433. The molecule has 0 saturated carbocycles. The summed E-state index contributed by atoms with van der Waals surface area (Å²) in [5, 5.41) is 1.46. The third-order valence-corrected chi connectivity index (χ3v) is 1.22. The zero-order valence-electron chi connectivity index (χ0n) is 13.1. The van der Waals surface area contributed by atoms with E-state index in [0.717, 1.165) is 13.0 Å². The van der Waals surface area contributed by atoms with E-state index in [4.69, 9.17) is 4.84 Å². The van der Waals surface area contributed by atoms with E-state index < -0.39 is 0 Å². The van der Waals surface area contributed by atoms with Crippen LogP contribution in [0.1, 0.15) is 67.7 Å². The number of rotatable bonds is 5. The minimum absolute atomic E-state index is 0. The van der Waals surface area contributed by atoms with Crippen LogP contribution in [0.4, 0.5) is 0 Å². The van der Waals surface area contributed by atoms with E-state index in [9.17, 15) is 0 Å². The molecule has 0 amide bonds. The van der Waals surface area contributed by atoms with Gasteiger partial charge in [-0.15, -0.1) is 0 Å². The molecule has 3 heteroatoms. The average Bonchev–Trinajstić information content (AvgIpc) is 2.20. The molecule has 106 valence electrons. The van der Waals surface area contributed by atoms with Gasteiger partial charge in [0.25, 0.3) is 0 Å². The van der Waals surface area contributed by atoms with E-state index in [1.807, 2.05) is 13.8 Å². The first kappa shape index (κ1) is 36.3. The maximum atomic E-state index is 4.91. The Morgan fingerprint density at radius 1 is 1.00 bits per heavy atom. The first-order valence-electron chi connectivity index (χ1n) is 5.86. The van der Waals surface area contributed by atoms with Gasteiger partial charge >= 0.3 is 51.4 Å². The molecule has 0 spiro atoms. The van der Waals surface area contributed by atoms with Gasteiger partial charge in [0.1, 0.15) is 0 Å². The fourth-order valence-corrected chi connectivity index (χ4v) is 0.601. The first-order valence-corrected chi connectivity index (χ1v) is 5.86. The normalized spacial score (nSPS) is 7.06. The molecule has 0 rings (SSSR count). The van der Waals surface area contributed by atoms with E-state index in [1.54, 1.807) is 7.05 Å². The van der Waals surface area contributed by atoms with E-state index in [0.29, 0.717) is 0 Å². The SMILES string of the molecule is C.CC.CCCCC.[CH2-]N(C)OCCC.[CH3-].[K+]. The van der Waals surface area contributed by atoms with Crippen molar-refractivity contribution in [2.45, 2.75) is 67.7 Å².